The Balaban J connectivity index is 2.96. The smallest absolute Gasteiger partial charge is 0.479 e. The summed E-state index contributed by atoms with van der Waals surface area (Å²) in [7, 11) is -1.36. The molecule has 0 spiro atoms. The van der Waals surface area contributed by atoms with Gasteiger partial charge in [0.25, 0.3) is 0 Å². The quantitative estimate of drug-likeness (QED) is 0.424. The van der Waals surface area contributed by atoms with Crippen LogP contribution in [0.1, 0.15) is 6.92 Å². The van der Waals surface area contributed by atoms with Crippen LogP contribution < -0.4 is 0 Å². The molecule has 5 nitrogen and oxygen atoms in total. The van der Waals surface area contributed by atoms with E-state index in [9.17, 15) is 14.2 Å². The Bertz CT molecular complexity index is 402. The molecule has 0 aromatic heterocycles. The van der Waals surface area contributed by atoms with Crippen LogP contribution in [0, 0.1) is 0 Å². The van der Waals surface area contributed by atoms with E-state index in [2.05, 4.69) is 6.58 Å². The molecule has 0 aromatic rings. The average molecular weight is 242 g/mol. The third kappa shape index (κ3) is 3.18. The van der Waals surface area contributed by atoms with Crippen LogP contribution in [0.5, 0.6) is 0 Å². The van der Waals surface area contributed by atoms with E-state index in [-0.39, 0.29) is 17.8 Å². The molecule has 0 saturated carbocycles. The summed E-state index contributed by atoms with van der Waals surface area (Å²) in [5.41, 5.74) is 0.485. The van der Waals surface area contributed by atoms with Gasteiger partial charge in [-0.15, -0.1) is 0 Å². The van der Waals surface area contributed by atoms with Crippen LogP contribution in [0.4, 0.5) is 4.39 Å². The highest BCUT2D eigenvalue weighted by Crippen LogP contribution is 2.27. The molecular formula is C10H12BFO5. The molecule has 0 atom stereocenters. The van der Waals surface area contributed by atoms with Gasteiger partial charge in [-0.3, -0.25) is 0 Å². The van der Waals surface area contributed by atoms with Crippen LogP contribution in [0.2, 0.25) is 0 Å². The Morgan fingerprint density at radius 1 is 1.76 bits per heavy atom. The summed E-state index contributed by atoms with van der Waals surface area (Å²) in [5, 5.41) is 17.8. The maximum absolute atomic E-state index is 13.9. The molecule has 0 aliphatic carbocycles. The molecule has 1 rings (SSSR count). The number of ether oxygens (including phenoxy) is 1. The lowest BCUT2D eigenvalue weighted by Gasteiger charge is -2.08. The maximum Gasteiger partial charge on any atom is 0.494 e. The second kappa shape index (κ2) is 5.65. The van der Waals surface area contributed by atoms with E-state index in [1.807, 2.05) is 0 Å². The number of rotatable bonds is 5. The lowest BCUT2D eigenvalue weighted by molar-refractivity contribution is -0.140. The molecule has 0 bridgehead atoms. The van der Waals surface area contributed by atoms with Gasteiger partial charge in [0.05, 0.1) is 6.61 Å². The molecule has 17 heavy (non-hydrogen) atoms. The van der Waals surface area contributed by atoms with Crippen molar-refractivity contribution in [1.29, 1.82) is 0 Å². The normalized spacial score (nSPS) is 17.0. The van der Waals surface area contributed by atoms with Gasteiger partial charge >= 0.3 is 13.1 Å². The molecule has 1 aliphatic heterocycles. The predicted molar refractivity (Wildman–Crippen MR) is 58.5 cm³/mol. The van der Waals surface area contributed by atoms with Crippen molar-refractivity contribution in [2.24, 2.45) is 0 Å². The van der Waals surface area contributed by atoms with Gasteiger partial charge in [-0.25, -0.2) is 9.18 Å². The summed E-state index contributed by atoms with van der Waals surface area (Å²) in [6.45, 7) is 4.36. The first-order valence-corrected chi connectivity index (χ1v) is 4.83. The van der Waals surface area contributed by atoms with Gasteiger partial charge in [0.1, 0.15) is 0 Å². The van der Waals surface area contributed by atoms with Gasteiger partial charge < -0.3 is 19.5 Å². The fourth-order valence-corrected chi connectivity index (χ4v) is 1.36. The molecule has 2 N–H and O–H groups in total. The lowest BCUT2D eigenvalue weighted by Crippen LogP contribution is -2.17. The first kappa shape index (κ1) is 13.5. The standard InChI is InChI=1S/C10H12BFO5/c1-3-7(16-5-8(13)14)10(12)9-6(2)4-17-11(9)15/h3,15H,1,4-5H2,2H3,(H,13,14)/b10-7-. The zero-order chi connectivity index (χ0) is 13.0. The Kier molecular flexibility index (Phi) is 4.48. The predicted octanol–water partition coefficient (Wildman–Crippen LogP) is 0.821. The van der Waals surface area contributed by atoms with Gasteiger partial charge in [-0.1, -0.05) is 6.58 Å². The summed E-state index contributed by atoms with van der Waals surface area (Å²) in [6.07, 6.45) is 1.05. The Morgan fingerprint density at radius 2 is 2.41 bits per heavy atom. The van der Waals surface area contributed by atoms with Crippen molar-refractivity contribution in [2.45, 2.75) is 6.92 Å². The van der Waals surface area contributed by atoms with Gasteiger partial charge in [-0.2, -0.15) is 0 Å². The largest absolute Gasteiger partial charge is 0.494 e. The van der Waals surface area contributed by atoms with E-state index in [1.165, 1.54) is 0 Å². The Hall–Kier alpha value is -1.60. The summed E-state index contributed by atoms with van der Waals surface area (Å²) in [5.74, 6) is -2.42. The Morgan fingerprint density at radius 3 is 2.82 bits per heavy atom. The monoisotopic (exact) mass is 242 g/mol. The number of allylic oxidation sites excluding steroid dienone is 3. The number of halogens is 1. The summed E-state index contributed by atoms with van der Waals surface area (Å²) in [4.78, 5) is 10.3. The summed E-state index contributed by atoms with van der Waals surface area (Å²) in [6, 6.07) is 0. The highest BCUT2D eigenvalue weighted by atomic mass is 19.1. The van der Waals surface area contributed by atoms with E-state index in [0.717, 1.165) is 6.08 Å². The van der Waals surface area contributed by atoms with Gasteiger partial charge in [0.2, 0.25) is 0 Å². The van der Waals surface area contributed by atoms with Crippen LogP contribution in [0.15, 0.2) is 35.3 Å². The molecule has 1 aliphatic rings. The van der Waals surface area contributed by atoms with Crippen molar-refractivity contribution in [1.82, 2.24) is 0 Å². The van der Waals surface area contributed by atoms with Crippen LogP contribution in [-0.2, 0) is 14.2 Å². The minimum Gasteiger partial charge on any atom is -0.479 e. The van der Waals surface area contributed by atoms with Crippen LogP contribution in [-0.4, -0.2) is 36.4 Å². The van der Waals surface area contributed by atoms with E-state index in [0.29, 0.717) is 5.57 Å². The number of hydrogen-bond acceptors (Lipinski definition) is 4. The van der Waals surface area contributed by atoms with Crippen molar-refractivity contribution in [2.75, 3.05) is 13.2 Å². The molecular weight excluding hydrogens is 230 g/mol. The van der Waals surface area contributed by atoms with Crippen LogP contribution in [0.3, 0.4) is 0 Å². The number of aliphatic carboxylic acids is 1. The highest BCUT2D eigenvalue weighted by Gasteiger charge is 2.33. The molecule has 1 heterocycles. The SMILES string of the molecule is C=C/C(OCC(=O)O)=C(/F)C1=C(C)COB1O. The van der Waals surface area contributed by atoms with Crippen molar-refractivity contribution >= 4 is 13.1 Å². The molecule has 0 radical (unpaired) electrons. The number of hydrogen-bond donors (Lipinski definition) is 2. The maximum atomic E-state index is 13.9. The third-order valence-electron chi connectivity index (χ3n) is 2.15. The number of carbonyl (C=O) groups is 1. The molecule has 7 heteroatoms. The molecule has 0 amide bonds. The summed E-state index contributed by atoms with van der Waals surface area (Å²) < 4.78 is 23.4. The first-order valence-electron chi connectivity index (χ1n) is 4.83. The van der Waals surface area contributed by atoms with Crippen molar-refractivity contribution < 1.29 is 28.7 Å². The van der Waals surface area contributed by atoms with E-state index < -0.39 is 25.5 Å². The highest BCUT2D eigenvalue weighted by molar-refractivity contribution is 6.54. The topological polar surface area (TPSA) is 76.0 Å². The van der Waals surface area contributed by atoms with Gasteiger partial charge in [-0.05, 0) is 18.6 Å². The number of carboxylic acid groups (broad SMARTS) is 1. The molecule has 0 unspecified atom stereocenters. The average Bonchev–Trinajstić information content (AvgIpc) is 2.58. The molecule has 0 fully saturated rings. The third-order valence-corrected chi connectivity index (χ3v) is 2.15. The molecule has 92 valence electrons. The first-order chi connectivity index (χ1) is 7.97. The van der Waals surface area contributed by atoms with Gasteiger partial charge in [0.15, 0.2) is 18.2 Å². The molecule has 0 saturated heterocycles. The van der Waals surface area contributed by atoms with Crippen molar-refractivity contribution in [3.63, 3.8) is 0 Å². The second-order valence-electron chi connectivity index (χ2n) is 3.42. The minimum atomic E-state index is -1.36. The zero-order valence-corrected chi connectivity index (χ0v) is 9.27. The van der Waals surface area contributed by atoms with Crippen molar-refractivity contribution in [3.05, 3.63) is 35.3 Å². The van der Waals surface area contributed by atoms with Crippen LogP contribution in [0.25, 0.3) is 0 Å². The fourth-order valence-electron chi connectivity index (χ4n) is 1.36. The minimum absolute atomic E-state index is 0.0368. The second-order valence-corrected chi connectivity index (χ2v) is 3.42. The van der Waals surface area contributed by atoms with E-state index in [4.69, 9.17) is 14.5 Å². The number of carboxylic acids is 1. The Labute approximate surface area is 98.0 Å². The van der Waals surface area contributed by atoms with Crippen molar-refractivity contribution in [3.8, 4) is 0 Å². The summed E-state index contributed by atoms with van der Waals surface area (Å²) >= 11 is 0. The van der Waals surface area contributed by atoms with Crippen LogP contribution >= 0.6 is 0 Å². The van der Waals surface area contributed by atoms with E-state index in [1.54, 1.807) is 6.92 Å². The van der Waals surface area contributed by atoms with E-state index >= 15 is 0 Å². The molecule has 0 aromatic carbocycles. The van der Waals surface area contributed by atoms with Gasteiger partial charge in [0, 0.05) is 5.47 Å². The lowest BCUT2D eigenvalue weighted by atomic mass is 9.77. The fraction of sp³-hybridized carbons (Fsp3) is 0.300. The zero-order valence-electron chi connectivity index (χ0n) is 9.27.